The lowest BCUT2D eigenvalue weighted by atomic mass is 10.2. The molecule has 0 aliphatic rings. The zero-order chi connectivity index (χ0) is 27.7. The van der Waals surface area contributed by atoms with Crippen molar-refractivity contribution < 1.29 is 55.3 Å². The molecule has 0 saturated heterocycles. The fraction of sp³-hybridized carbons (Fsp3) is 0.720. The molecule has 0 heterocycles. The Morgan fingerprint density at radius 2 is 0.868 bits per heavy atom. The summed E-state index contributed by atoms with van der Waals surface area (Å²) in [5.41, 5.74) is 0.973. The Labute approximate surface area is 225 Å². The lowest BCUT2D eigenvalue weighted by Gasteiger charge is -2.09. The monoisotopic (exact) mass is 566 g/mol. The van der Waals surface area contributed by atoms with E-state index in [1.165, 1.54) is 19.1 Å². The average Bonchev–Trinajstić information content (AvgIpc) is 2.88. The molecular formula is C25H42O12S. The topological polar surface area (TPSA) is 134 Å². The largest absolute Gasteiger partial charge is 0.463 e. The van der Waals surface area contributed by atoms with Crippen LogP contribution in [0.2, 0.25) is 0 Å². The summed E-state index contributed by atoms with van der Waals surface area (Å²) < 4.78 is 71.3. The molecule has 0 atom stereocenters. The Hall–Kier alpha value is -1.68. The van der Waals surface area contributed by atoms with E-state index < -0.39 is 10.1 Å². The van der Waals surface area contributed by atoms with Gasteiger partial charge in [-0.1, -0.05) is 17.7 Å². The van der Waals surface area contributed by atoms with E-state index in [4.69, 9.17) is 42.1 Å². The maximum atomic E-state index is 12.0. The third-order valence-electron chi connectivity index (χ3n) is 4.54. The van der Waals surface area contributed by atoms with Crippen molar-refractivity contribution in [3.05, 3.63) is 29.8 Å². The van der Waals surface area contributed by atoms with Crippen LogP contribution in [0.4, 0.5) is 0 Å². The van der Waals surface area contributed by atoms with Crippen molar-refractivity contribution >= 4 is 16.1 Å². The summed E-state index contributed by atoms with van der Waals surface area (Å²) in [5, 5.41) is 0. The Balaban J connectivity index is 1.74. The summed E-state index contributed by atoms with van der Waals surface area (Å²) in [6.07, 6.45) is 0. The average molecular weight is 567 g/mol. The van der Waals surface area contributed by atoms with Crippen LogP contribution < -0.4 is 0 Å². The third kappa shape index (κ3) is 20.3. The van der Waals surface area contributed by atoms with E-state index in [0.29, 0.717) is 85.9 Å². The highest BCUT2D eigenvalue weighted by atomic mass is 32.2. The Morgan fingerprint density at radius 1 is 0.553 bits per heavy atom. The van der Waals surface area contributed by atoms with E-state index in [-0.39, 0.29) is 30.7 Å². The molecule has 13 heteroatoms. The molecule has 0 spiro atoms. The first-order chi connectivity index (χ1) is 18.4. The molecule has 0 saturated carbocycles. The van der Waals surface area contributed by atoms with E-state index in [9.17, 15) is 13.2 Å². The highest BCUT2D eigenvalue weighted by Crippen LogP contribution is 2.12. The number of benzene rings is 1. The van der Waals surface area contributed by atoms with Crippen LogP contribution in [0.25, 0.3) is 0 Å². The van der Waals surface area contributed by atoms with Gasteiger partial charge in [0.1, 0.15) is 6.61 Å². The fourth-order valence-electron chi connectivity index (χ4n) is 2.64. The van der Waals surface area contributed by atoms with Gasteiger partial charge in [-0.2, -0.15) is 8.42 Å². The number of hydrogen-bond acceptors (Lipinski definition) is 12. The van der Waals surface area contributed by atoms with Crippen LogP contribution in [0.15, 0.2) is 29.2 Å². The molecule has 0 amide bonds. The molecule has 0 aromatic heterocycles. The summed E-state index contributed by atoms with van der Waals surface area (Å²) in [6, 6.07) is 6.46. The second-order valence-electron chi connectivity index (χ2n) is 7.72. The van der Waals surface area contributed by atoms with E-state index in [1.807, 2.05) is 6.92 Å². The summed E-state index contributed by atoms with van der Waals surface area (Å²) in [4.78, 5) is 10.7. The molecule has 0 bridgehead atoms. The smallest absolute Gasteiger partial charge is 0.302 e. The van der Waals surface area contributed by atoms with Crippen molar-refractivity contribution in [2.75, 3.05) is 106 Å². The van der Waals surface area contributed by atoms with Gasteiger partial charge in [-0.15, -0.1) is 0 Å². The van der Waals surface area contributed by atoms with Gasteiger partial charge in [0.2, 0.25) is 0 Å². The molecule has 0 N–H and O–H groups in total. The summed E-state index contributed by atoms with van der Waals surface area (Å²) >= 11 is 0. The quantitative estimate of drug-likeness (QED) is 0.0911. The van der Waals surface area contributed by atoms with E-state index >= 15 is 0 Å². The lowest BCUT2D eigenvalue weighted by Crippen LogP contribution is -2.15. The van der Waals surface area contributed by atoms with Gasteiger partial charge in [0.05, 0.1) is 104 Å². The molecular weight excluding hydrogens is 524 g/mol. The first-order valence-corrected chi connectivity index (χ1v) is 14.0. The van der Waals surface area contributed by atoms with Gasteiger partial charge in [-0.3, -0.25) is 8.98 Å². The van der Waals surface area contributed by atoms with Crippen molar-refractivity contribution in [1.82, 2.24) is 0 Å². The number of rotatable bonds is 26. The standard InChI is InChI=1S/C25H42O12S/c1-23-3-5-25(6-4-23)38(27,28)37-22-20-35-18-16-33-14-12-31-10-8-29-7-9-30-11-13-32-15-17-34-19-21-36-24(2)26/h3-6H,7-22H2,1-2H3. The first kappa shape index (κ1) is 34.3. The minimum absolute atomic E-state index is 0.0607. The molecule has 220 valence electrons. The van der Waals surface area contributed by atoms with Crippen LogP contribution in [0.1, 0.15) is 12.5 Å². The molecule has 38 heavy (non-hydrogen) atoms. The van der Waals surface area contributed by atoms with Crippen LogP contribution in [0.3, 0.4) is 0 Å². The highest BCUT2D eigenvalue weighted by Gasteiger charge is 2.14. The number of aryl methyl sites for hydroxylation is 1. The van der Waals surface area contributed by atoms with Crippen molar-refractivity contribution in [3.8, 4) is 0 Å². The van der Waals surface area contributed by atoms with Gasteiger partial charge in [-0.25, -0.2) is 0 Å². The minimum atomic E-state index is -3.77. The van der Waals surface area contributed by atoms with Gasteiger partial charge in [0.15, 0.2) is 0 Å². The fourth-order valence-corrected chi connectivity index (χ4v) is 3.53. The van der Waals surface area contributed by atoms with E-state index in [2.05, 4.69) is 0 Å². The highest BCUT2D eigenvalue weighted by molar-refractivity contribution is 7.86. The van der Waals surface area contributed by atoms with Crippen LogP contribution in [0, 0.1) is 6.92 Å². The molecule has 0 radical (unpaired) electrons. The zero-order valence-corrected chi connectivity index (χ0v) is 23.2. The maximum absolute atomic E-state index is 12.0. The number of ether oxygens (including phenoxy) is 8. The zero-order valence-electron chi connectivity index (χ0n) is 22.4. The van der Waals surface area contributed by atoms with E-state index in [0.717, 1.165) is 5.56 Å². The van der Waals surface area contributed by atoms with Crippen LogP contribution in [-0.4, -0.2) is 120 Å². The molecule has 1 aromatic rings. The molecule has 12 nitrogen and oxygen atoms in total. The Bertz CT molecular complexity index is 801. The van der Waals surface area contributed by atoms with Crippen LogP contribution in [-0.2, 0) is 57.0 Å². The summed E-state index contributed by atoms with van der Waals surface area (Å²) in [6.45, 7) is 9.12. The number of carbonyl (C=O) groups is 1. The molecule has 0 unspecified atom stereocenters. The first-order valence-electron chi connectivity index (χ1n) is 12.6. The molecule has 1 rings (SSSR count). The number of hydrogen-bond donors (Lipinski definition) is 0. The van der Waals surface area contributed by atoms with Gasteiger partial charge in [0.25, 0.3) is 10.1 Å². The van der Waals surface area contributed by atoms with Crippen molar-refractivity contribution in [1.29, 1.82) is 0 Å². The number of esters is 1. The maximum Gasteiger partial charge on any atom is 0.302 e. The van der Waals surface area contributed by atoms with Gasteiger partial charge >= 0.3 is 5.97 Å². The Kier molecular flexibility index (Phi) is 21.0. The predicted octanol–water partition coefficient (Wildman–Crippen LogP) is 1.38. The van der Waals surface area contributed by atoms with Gasteiger partial charge in [-0.05, 0) is 19.1 Å². The normalized spacial score (nSPS) is 11.6. The van der Waals surface area contributed by atoms with E-state index in [1.54, 1.807) is 12.1 Å². The SMILES string of the molecule is CC(=O)OCCOCCOCCOCCOCCOCCOCCOCCOS(=O)(=O)c1ccc(C)cc1. The van der Waals surface area contributed by atoms with Gasteiger partial charge < -0.3 is 37.9 Å². The third-order valence-corrected chi connectivity index (χ3v) is 5.87. The van der Waals surface area contributed by atoms with Crippen molar-refractivity contribution in [2.45, 2.75) is 18.7 Å². The lowest BCUT2D eigenvalue weighted by molar-refractivity contribution is -0.142. The minimum Gasteiger partial charge on any atom is -0.463 e. The second kappa shape index (κ2) is 23.2. The summed E-state index contributed by atoms with van der Waals surface area (Å²) in [5.74, 6) is -0.320. The predicted molar refractivity (Wildman–Crippen MR) is 137 cm³/mol. The van der Waals surface area contributed by atoms with Crippen molar-refractivity contribution in [2.24, 2.45) is 0 Å². The molecule has 0 aliphatic heterocycles. The second-order valence-corrected chi connectivity index (χ2v) is 9.33. The van der Waals surface area contributed by atoms with Crippen LogP contribution >= 0.6 is 0 Å². The molecule has 1 aromatic carbocycles. The molecule has 0 fully saturated rings. The number of carbonyl (C=O) groups excluding carboxylic acids is 1. The van der Waals surface area contributed by atoms with Gasteiger partial charge in [0, 0.05) is 6.92 Å². The van der Waals surface area contributed by atoms with Crippen LogP contribution in [0.5, 0.6) is 0 Å². The summed E-state index contributed by atoms with van der Waals surface area (Å²) in [7, 11) is -3.77. The van der Waals surface area contributed by atoms with Crippen molar-refractivity contribution in [3.63, 3.8) is 0 Å². The molecule has 0 aliphatic carbocycles. The Morgan fingerprint density at radius 3 is 1.21 bits per heavy atom.